The first kappa shape index (κ1) is 12.6. The number of aromatic nitrogens is 2. The van der Waals surface area contributed by atoms with Gasteiger partial charge in [0, 0.05) is 0 Å². The van der Waals surface area contributed by atoms with Gasteiger partial charge >= 0.3 is 0 Å². The van der Waals surface area contributed by atoms with Crippen molar-refractivity contribution in [1.29, 1.82) is 0 Å². The third kappa shape index (κ3) is 1.78. The fourth-order valence-corrected chi connectivity index (χ4v) is 3.75. The van der Waals surface area contributed by atoms with Crippen molar-refractivity contribution in [2.45, 2.75) is 49.8 Å². The Morgan fingerprint density at radius 2 is 2.30 bits per heavy atom. The number of hydrogen-bond acceptors (Lipinski definition) is 2. The molecule has 0 spiro atoms. The molecule has 4 unspecified atom stereocenters. The average Bonchev–Trinajstić information content (AvgIpc) is 3.10. The Morgan fingerprint density at radius 3 is 2.95 bits per heavy atom. The van der Waals surface area contributed by atoms with Gasteiger partial charge in [0.2, 0.25) is 0 Å². The smallest absolute Gasteiger partial charge is 0.128 e. The number of fused-ring (bicyclic) bond motifs is 3. The van der Waals surface area contributed by atoms with E-state index in [2.05, 4.69) is 9.55 Å². The molecular formula is C15H16ClFN2O. The Bertz CT molecular complexity index is 669. The molecule has 1 aromatic heterocycles. The van der Waals surface area contributed by atoms with Crippen LogP contribution < -0.4 is 0 Å². The predicted molar refractivity (Wildman–Crippen MR) is 75.5 cm³/mol. The molecule has 3 nitrogen and oxygen atoms in total. The van der Waals surface area contributed by atoms with Crippen LogP contribution in [-0.4, -0.2) is 21.8 Å². The zero-order valence-corrected chi connectivity index (χ0v) is 12.0. The molecule has 2 saturated heterocycles. The summed E-state index contributed by atoms with van der Waals surface area (Å²) in [6.07, 6.45) is 3.74. The van der Waals surface area contributed by atoms with Crippen molar-refractivity contribution in [2.75, 3.05) is 0 Å². The number of ether oxygens (including phenoxy) is 1. The lowest BCUT2D eigenvalue weighted by Crippen LogP contribution is -2.22. The van der Waals surface area contributed by atoms with E-state index in [0.29, 0.717) is 6.10 Å². The zero-order valence-electron chi connectivity index (χ0n) is 11.2. The molecule has 2 fully saturated rings. The molecule has 2 bridgehead atoms. The third-order valence-electron chi connectivity index (χ3n) is 4.44. The summed E-state index contributed by atoms with van der Waals surface area (Å²) >= 11 is 6.28. The highest BCUT2D eigenvalue weighted by Crippen LogP contribution is 2.44. The third-order valence-corrected chi connectivity index (χ3v) is 4.64. The Hall–Kier alpha value is -1.13. The summed E-state index contributed by atoms with van der Waals surface area (Å²) in [5, 5.41) is -0.204. The maximum Gasteiger partial charge on any atom is 0.128 e. The van der Waals surface area contributed by atoms with Gasteiger partial charge < -0.3 is 9.30 Å². The molecule has 5 heteroatoms. The molecular weight excluding hydrogens is 279 g/mol. The van der Waals surface area contributed by atoms with Crippen LogP contribution in [0.15, 0.2) is 18.2 Å². The average molecular weight is 295 g/mol. The molecule has 2 aliphatic rings. The van der Waals surface area contributed by atoms with Gasteiger partial charge in [-0.25, -0.2) is 9.37 Å². The summed E-state index contributed by atoms with van der Waals surface area (Å²) in [7, 11) is 0. The first-order valence-electron chi connectivity index (χ1n) is 7.10. The standard InChI is InChI=1S/C15H16ClFN2O/c1-8(16)15-18-11-4-2-9(17)6-12(11)19(15)13-7-10-3-5-14(13)20-10/h2,4,6,8,10,13-14H,3,5,7H2,1H3. The van der Waals surface area contributed by atoms with E-state index >= 15 is 0 Å². The molecule has 4 rings (SSSR count). The first-order chi connectivity index (χ1) is 9.63. The number of halogens is 2. The van der Waals surface area contributed by atoms with E-state index < -0.39 is 0 Å². The van der Waals surface area contributed by atoms with Crippen LogP contribution in [0.2, 0.25) is 0 Å². The Labute approximate surface area is 121 Å². The Kier molecular flexibility index (Phi) is 2.79. The van der Waals surface area contributed by atoms with Crippen molar-refractivity contribution in [1.82, 2.24) is 9.55 Å². The molecule has 1 aromatic carbocycles. The lowest BCUT2D eigenvalue weighted by molar-refractivity contribution is 0.0939. The van der Waals surface area contributed by atoms with Crippen LogP contribution in [0.4, 0.5) is 4.39 Å². The van der Waals surface area contributed by atoms with Gasteiger partial charge in [-0.15, -0.1) is 11.6 Å². The Balaban J connectivity index is 1.91. The zero-order chi connectivity index (χ0) is 13.9. The van der Waals surface area contributed by atoms with Crippen LogP contribution in [0.3, 0.4) is 0 Å². The highest BCUT2D eigenvalue weighted by Gasteiger charge is 2.43. The second-order valence-electron chi connectivity index (χ2n) is 5.77. The highest BCUT2D eigenvalue weighted by molar-refractivity contribution is 6.20. The van der Waals surface area contributed by atoms with E-state index in [-0.39, 0.29) is 23.3 Å². The Morgan fingerprint density at radius 1 is 1.45 bits per heavy atom. The molecule has 0 aliphatic carbocycles. The number of benzene rings is 1. The number of hydrogen-bond donors (Lipinski definition) is 0. The topological polar surface area (TPSA) is 27.1 Å². The van der Waals surface area contributed by atoms with E-state index in [4.69, 9.17) is 16.3 Å². The van der Waals surface area contributed by atoms with Crippen LogP contribution in [0.1, 0.15) is 43.4 Å². The fraction of sp³-hybridized carbons (Fsp3) is 0.533. The molecule has 0 N–H and O–H groups in total. The first-order valence-corrected chi connectivity index (χ1v) is 7.54. The van der Waals surface area contributed by atoms with Gasteiger partial charge in [-0.3, -0.25) is 0 Å². The van der Waals surface area contributed by atoms with Crippen LogP contribution in [-0.2, 0) is 4.74 Å². The SMILES string of the molecule is CC(Cl)c1nc2ccc(F)cc2n1C1CC2CCC1O2. The summed E-state index contributed by atoms with van der Waals surface area (Å²) in [5.41, 5.74) is 1.63. The van der Waals surface area contributed by atoms with Gasteiger partial charge in [-0.2, -0.15) is 0 Å². The van der Waals surface area contributed by atoms with E-state index in [1.807, 2.05) is 6.92 Å². The molecule has 0 saturated carbocycles. The number of rotatable bonds is 2. The summed E-state index contributed by atoms with van der Waals surface area (Å²) in [6, 6.07) is 4.95. The lowest BCUT2D eigenvalue weighted by Gasteiger charge is -2.23. The van der Waals surface area contributed by atoms with E-state index in [1.54, 1.807) is 12.1 Å². The summed E-state index contributed by atoms with van der Waals surface area (Å²) in [5.74, 6) is 0.574. The van der Waals surface area contributed by atoms with Gasteiger partial charge in [0.05, 0.1) is 34.7 Å². The quantitative estimate of drug-likeness (QED) is 0.784. The van der Waals surface area contributed by atoms with Crippen LogP contribution in [0, 0.1) is 5.82 Å². The van der Waals surface area contributed by atoms with E-state index in [9.17, 15) is 4.39 Å². The molecule has 106 valence electrons. The minimum atomic E-state index is -0.239. The van der Waals surface area contributed by atoms with E-state index in [0.717, 1.165) is 36.1 Å². The molecule has 4 atom stereocenters. The number of alkyl halides is 1. The lowest BCUT2D eigenvalue weighted by atomic mass is 9.95. The molecule has 2 aliphatic heterocycles. The second kappa shape index (κ2) is 4.43. The summed E-state index contributed by atoms with van der Waals surface area (Å²) in [6.45, 7) is 1.91. The maximum atomic E-state index is 13.6. The van der Waals surface area contributed by atoms with E-state index in [1.165, 1.54) is 6.07 Å². The molecule has 0 radical (unpaired) electrons. The second-order valence-corrected chi connectivity index (χ2v) is 6.42. The van der Waals surface area contributed by atoms with Gasteiger partial charge in [-0.05, 0) is 44.4 Å². The van der Waals surface area contributed by atoms with Crippen molar-refractivity contribution in [3.05, 3.63) is 29.8 Å². The fourth-order valence-electron chi connectivity index (χ4n) is 3.60. The van der Waals surface area contributed by atoms with Crippen molar-refractivity contribution in [3.8, 4) is 0 Å². The minimum Gasteiger partial charge on any atom is -0.373 e. The molecule has 20 heavy (non-hydrogen) atoms. The summed E-state index contributed by atoms with van der Waals surface area (Å²) in [4.78, 5) is 4.59. The number of nitrogens with zero attached hydrogens (tertiary/aromatic N) is 2. The van der Waals surface area contributed by atoms with Gasteiger partial charge in [-0.1, -0.05) is 0 Å². The van der Waals surface area contributed by atoms with Gasteiger partial charge in [0.15, 0.2) is 0 Å². The predicted octanol–water partition coefficient (Wildman–Crippen LogP) is 3.97. The molecule has 0 amide bonds. The largest absolute Gasteiger partial charge is 0.373 e. The summed E-state index contributed by atoms with van der Waals surface area (Å²) < 4.78 is 21.6. The van der Waals surface area contributed by atoms with Crippen molar-refractivity contribution < 1.29 is 9.13 Å². The van der Waals surface area contributed by atoms with Crippen LogP contribution >= 0.6 is 11.6 Å². The highest BCUT2D eigenvalue weighted by atomic mass is 35.5. The van der Waals surface area contributed by atoms with Crippen molar-refractivity contribution >= 4 is 22.6 Å². The van der Waals surface area contributed by atoms with Crippen molar-refractivity contribution in [3.63, 3.8) is 0 Å². The molecule has 3 heterocycles. The maximum absolute atomic E-state index is 13.6. The van der Waals surface area contributed by atoms with Crippen molar-refractivity contribution in [2.24, 2.45) is 0 Å². The van der Waals surface area contributed by atoms with Gasteiger partial charge in [0.25, 0.3) is 0 Å². The minimum absolute atomic E-state index is 0.204. The molecule has 2 aromatic rings. The van der Waals surface area contributed by atoms with Crippen LogP contribution in [0.5, 0.6) is 0 Å². The van der Waals surface area contributed by atoms with Gasteiger partial charge in [0.1, 0.15) is 11.6 Å². The number of imidazole rings is 1. The monoisotopic (exact) mass is 294 g/mol. The van der Waals surface area contributed by atoms with Crippen LogP contribution in [0.25, 0.3) is 11.0 Å². The normalized spacial score (nSPS) is 30.2.